The third-order valence-electron chi connectivity index (χ3n) is 26.3. The molecule has 0 spiro atoms. The Morgan fingerprint density at radius 3 is 0.810 bits per heavy atom. The van der Waals surface area contributed by atoms with Gasteiger partial charge in [0.15, 0.2) is 0 Å². The van der Waals surface area contributed by atoms with Gasteiger partial charge in [0, 0.05) is 48.5 Å². The first kappa shape index (κ1) is 73.9. The number of fused-ring (bicyclic) bond motifs is 22. The number of aryl methyl sites for hydroxylation is 1. The number of hydrogen-bond acceptors (Lipinski definition) is 3. The Balaban J connectivity index is 0.000000106. The second-order valence-electron chi connectivity index (χ2n) is 34.8. The van der Waals surface area contributed by atoms with Gasteiger partial charge in [-0.2, -0.15) is 0 Å². The first-order valence-corrected chi connectivity index (χ1v) is 43.6. The molecule has 0 unspecified atom stereocenters. The van der Waals surface area contributed by atoms with E-state index in [0.29, 0.717) is 0 Å². The maximum Gasteiger partial charge on any atom is 0.143 e. The van der Waals surface area contributed by atoms with Crippen molar-refractivity contribution in [3.05, 3.63) is 436 Å². The van der Waals surface area contributed by atoms with Gasteiger partial charge in [0.05, 0.1) is 0 Å². The minimum Gasteiger partial charge on any atom is -0.455 e. The van der Waals surface area contributed by atoms with Gasteiger partial charge in [-0.25, -0.2) is 0 Å². The van der Waals surface area contributed by atoms with Crippen molar-refractivity contribution in [3.8, 4) is 77.9 Å². The molecule has 0 N–H and O–H groups in total. The average molecular weight is 1610 g/mol. The first-order chi connectivity index (χ1) is 62.0. The Kier molecular flexibility index (Phi) is 17.4. The molecule has 0 saturated carbocycles. The molecule has 0 aliphatic heterocycles. The van der Waals surface area contributed by atoms with E-state index >= 15 is 0 Å². The van der Waals surface area contributed by atoms with Crippen LogP contribution < -0.4 is 0 Å². The molecule has 592 valence electrons. The van der Waals surface area contributed by atoms with Crippen molar-refractivity contribution in [3.63, 3.8) is 0 Å². The Morgan fingerprint density at radius 1 is 0.159 bits per heavy atom. The highest BCUT2D eigenvalue weighted by molar-refractivity contribution is 6.28. The lowest BCUT2D eigenvalue weighted by Crippen LogP contribution is -2.10. The van der Waals surface area contributed by atoms with Gasteiger partial charge in [-0.05, 0) is 260 Å². The molecule has 23 aromatic carbocycles. The number of rotatable bonds is 7. The van der Waals surface area contributed by atoms with Gasteiger partial charge in [-0.15, -0.1) is 0 Å². The van der Waals surface area contributed by atoms with E-state index in [4.69, 9.17) is 13.3 Å². The van der Waals surface area contributed by atoms with Gasteiger partial charge >= 0.3 is 0 Å². The smallest absolute Gasteiger partial charge is 0.143 e. The van der Waals surface area contributed by atoms with E-state index in [1.54, 1.807) is 0 Å². The lowest BCUT2D eigenvalue weighted by Gasteiger charge is -2.23. The van der Waals surface area contributed by atoms with Crippen LogP contribution in [0.1, 0.15) is 31.9 Å². The molecule has 26 rings (SSSR count). The van der Waals surface area contributed by atoms with Gasteiger partial charge in [0.25, 0.3) is 0 Å². The van der Waals surface area contributed by atoms with Gasteiger partial charge in [-0.3, -0.25) is 0 Å². The van der Waals surface area contributed by atoms with Crippen molar-refractivity contribution in [2.75, 3.05) is 0 Å². The zero-order valence-corrected chi connectivity index (χ0v) is 70.1. The minimum absolute atomic E-state index is 0.0375. The normalized spacial score (nSPS) is 12.0. The fourth-order valence-electron chi connectivity index (χ4n) is 20.3. The molecule has 3 heterocycles. The molecule has 0 fully saturated rings. The van der Waals surface area contributed by atoms with Crippen molar-refractivity contribution in [1.82, 2.24) is 0 Å². The van der Waals surface area contributed by atoms with E-state index in [9.17, 15) is 0 Å². The molecule has 0 aliphatic carbocycles. The quantitative estimate of drug-likeness (QED) is 0.149. The summed E-state index contributed by atoms with van der Waals surface area (Å²) in [6.45, 7) is 9.06. The Hall–Kier alpha value is -15.9. The minimum atomic E-state index is 0.0375. The van der Waals surface area contributed by atoms with Crippen molar-refractivity contribution in [2.45, 2.75) is 33.1 Å². The van der Waals surface area contributed by atoms with E-state index in [0.717, 1.165) is 82.0 Å². The summed E-state index contributed by atoms with van der Waals surface area (Å²) in [5.41, 5.74) is 25.6. The summed E-state index contributed by atoms with van der Waals surface area (Å²) in [4.78, 5) is 0. The predicted octanol–water partition coefficient (Wildman–Crippen LogP) is 35.6. The molecule has 0 bridgehead atoms. The molecule has 3 aromatic heterocycles. The largest absolute Gasteiger partial charge is 0.455 e. The standard InChI is InChI=1S/C46H28O.C40H30O.C37H24O/c1-2-12-31(13-3-1)44-37-16-8-9-17-38(37)45(42-27-34(21-23-39(42)44)33-19-18-29-10-4-5-14-32(29)26-33)35-22-25-43-41(28-35)40-24-20-30-11-6-7-15-36(30)46(40)47-43;1-40(2,3)28-19-21-32-35(24-28)38(31-16-10-9-15-30(31)37(32)26-12-5-4-6-13-26)27-18-22-36-34(23-27)33-20-17-25-11-7-8-14-29(25)39(33)41-36;1-23-15-18-30-33(21-23)36(29-14-8-7-13-28(29)35(30)25-10-3-2-4-11-25)26-17-20-34-32(22-26)31-19-16-24-9-5-6-12-27(24)37(31)38-34/h1-28H;4-24H,1-3H3;2-22H,1H3. The summed E-state index contributed by atoms with van der Waals surface area (Å²) < 4.78 is 19.4. The molecule has 3 nitrogen and oxygen atoms in total. The molecule has 0 atom stereocenters. The van der Waals surface area contributed by atoms with E-state index in [-0.39, 0.29) is 5.41 Å². The first-order valence-electron chi connectivity index (χ1n) is 43.6. The monoisotopic (exact) mass is 1610 g/mol. The summed E-state index contributed by atoms with van der Waals surface area (Å²) in [5, 5.41) is 31.6. The molecule has 0 saturated heterocycles. The van der Waals surface area contributed by atoms with Crippen LogP contribution in [-0.2, 0) is 5.41 Å². The fourth-order valence-corrected chi connectivity index (χ4v) is 20.3. The van der Waals surface area contributed by atoms with Gasteiger partial charge in [0.1, 0.15) is 33.5 Å². The molecule has 3 heteroatoms. The average Bonchev–Trinajstić information content (AvgIpc) is 1.20. The van der Waals surface area contributed by atoms with Crippen LogP contribution >= 0.6 is 0 Å². The SMILES string of the molecule is CC(C)(C)c1ccc2c(-c3ccccc3)c3ccccc3c(-c3ccc4oc5c6ccccc6ccc5c4c3)c2c1.Cc1ccc2c(-c3ccccc3)c3ccccc3c(-c3ccc4oc5c6ccccc6ccc5c4c3)c2c1.c1ccc(-c2c3ccccc3c(-c3ccc4oc5c6ccccc6ccc5c4c3)c3cc(-c4ccc5ccccc5c4)ccc23)cc1. The molecule has 126 heavy (non-hydrogen) atoms. The van der Waals surface area contributed by atoms with Crippen molar-refractivity contribution in [1.29, 1.82) is 0 Å². The van der Waals surface area contributed by atoms with Gasteiger partial charge < -0.3 is 13.3 Å². The van der Waals surface area contributed by atoms with Crippen LogP contribution in [0.3, 0.4) is 0 Å². The lowest BCUT2D eigenvalue weighted by molar-refractivity contribution is 0.591. The maximum atomic E-state index is 6.52. The molecular weight excluding hydrogens is 1530 g/mol. The summed E-state index contributed by atoms with van der Waals surface area (Å²) in [7, 11) is 0. The topological polar surface area (TPSA) is 39.4 Å². The van der Waals surface area contributed by atoms with Crippen LogP contribution in [0.2, 0.25) is 0 Å². The van der Waals surface area contributed by atoms with Crippen LogP contribution in [0.25, 0.3) is 251 Å². The Morgan fingerprint density at radius 2 is 0.421 bits per heavy atom. The number of furan rings is 3. The van der Waals surface area contributed by atoms with Crippen molar-refractivity contribution < 1.29 is 13.3 Å². The maximum absolute atomic E-state index is 6.52. The van der Waals surface area contributed by atoms with Gasteiger partial charge in [0.2, 0.25) is 0 Å². The molecular formula is C123H82O3. The lowest BCUT2D eigenvalue weighted by atomic mass is 9.81. The third-order valence-corrected chi connectivity index (χ3v) is 26.3. The summed E-state index contributed by atoms with van der Waals surface area (Å²) in [5.74, 6) is 0. The second kappa shape index (κ2) is 29.7. The van der Waals surface area contributed by atoms with Gasteiger partial charge in [-0.1, -0.05) is 378 Å². The number of hydrogen-bond donors (Lipinski definition) is 0. The van der Waals surface area contributed by atoms with Crippen LogP contribution in [0.15, 0.2) is 438 Å². The highest BCUT2D eigenvalue weighted by Crippen LogP contribution is 2.52. The summed E-state index contributed by atoms with van der Waals surface area (Å²) in [6, 6.07) is 154. The van der Waals surface area contributed by atoms with Crippen LogP contribution in [-0.4, -0.2) is 0 Å². The third kappa shape index (κ3) is 12.3. The number of benzene rings is 23. The second-order valence-corrected chi connectivity index (χ2v) is 34.8. The molecule has 0 radical (unpaired) electrons. The van der Waals surface area contributed by atoms with E-state index in [1.807, 2.05) is 0 Å². The van der Waals surface area contributed by atoms with Crippen molar-refractivity contribution >= 4 is 174 Å². The molecule has 0 aliphatic rings. The Labute approximate surface area is 728 Å². The highest BCUT2D eigenvalue weighted by Gasteiger charge is 2.26. The molecule has 26 aromatic rings. The fraction of sp³-hybridized carbons (Fsp3) is 0.0407. The van der Waals surface area contributed by atoms with Crippen LogP contribution in [0.4, 0.5) is 0 Å². The van der Waals surface area contributed by atoms with Crippen LogP contribution in [0.5, 0.6) is 0 Å². The van der Waals surface area contributed by atoms with E-state index in [1.165, 1.54) is 181 Å². The van der Waals surface area contributed by atoms with Crippen molar-refractivity contribution in [2.24, 2.45) is 0 Å². The summed E-state index contributed by atoms with van der Waals surface area (Å²) in [6.07, 6.45) is 0. The van der Waals surface area contributed by atoms with E-state index < -0.39 is 0 Å². The highest BCUT2D eigenvalue weighted by atomic mass is 16.3. The predicted molar refractivity (Wildman–Crippen MR) is 538 cm³/mol. The summed E-state index contributed by atoms with van der Waals surface area (Å²) >= 11 is 0. The molecule has 0 amide bonds. The van der Waals surface area contributed by atoms with Crippen LogP contribution in [0, 0.1) is 6.92 Å². The Bertz CT molecular complexity index is 8940. The zero-order valence-electron chi connectivity index (χ0n) is 70.1. The van der Waals surface area contributed by atoms with E-state index in [2.05, 4.69) is 452 Å². The zero-order chi connectivity index (χ0) is 83.8.